The second-order valence-electron chi connectivity index (χ2n) is 9.73. The Hall–Kier alpha value is -3.73. The highest BCUT2D eigenvalue weighted by Gasteiger charge is 2.52. The van der Waals surface area contributed by atoms with Crippen LogP contribution in [0.25, 0.3) is 0 Å². The van der Waals surface area contributed by atoms with Crippen LogP contribution in [-0.2, 0) is 15.6 Å². The molecular formula is C33H31N2O3P. The lowest BCUT2D eigenvalue weighted by Gasteiger charge is -2.45. The normalized spacial score (nSPS) is 23.7. The van der Waals surface area contributed by atoms with Crippen molar-refractivity contribution in [3.05, 3.63) is 168 Å². The third-order valence-electron chi connectivity index (χ3n) is 7.20. The fourth-order valence-electron chi connectivity index (χ4n) is 5.30. The summed E-state index contributed by atoms with van der Waals surface area (Å²) >= 11 is 0. The molecule has 0 amide bonds. The number of hydrogen-bond acceptors (Lipinski definition) is 5. The van der Waals surface area contributed by atoms with E-state index in [1.54, 1.807) is 6.26 Å². The summed E-state index contributed by atoms with van der Waals surface area (Å²) in [6, 6.07) is 43.8. The Labute approximate surface area is 229 Å². The van der Waals surface area contributed by atoms with Crippen LogP contribution in [0.2, 0.25) is 0 Å². The van der Waals surface area contributed by atoms with Gasteiger partial charge in [0.15, 0.2) is 0 Å². The third-order valence-corrected chi connectivity index (χ3v) is 10.1. The van der Waals surface area contributed by atoms with Gasteiger partial charge < -0.3 is 8.94 Å². The molecule has 0 aliphatic carbocycles. The molecule has 1 fully saturated rings. The summed E-state index contributed by atoms with van der Waals surface area (Å²) in [5.41, 5.74) is 4.03. The van der Waals surface area contributed by atoms with Crippen LogP contribution < -0.4 is 10.6 Å². The molecule has 4 aromatic carbocycles. The first-order valence-corrected chi connectivity index (χ1v) is 15.0. The lowest BCUT2D eigenvalue weighted by atomic mass is 9.95. The Morgan fingerprint density at radius 1 is 0.692 bits per heavy atom. The van der Waals surface area contributed by atoms with Crippen LogP contribution in [0, 0.1) is 0 Å². The smallest absolute Gasteiger partial charge is 0.248 e. The highest BCUT2D eigenvalue weighted by Crippen LogP contribution is 2.73. The minimum atomic E-state index is -3.58. The van der Waals surface area contributed by atoms with Crippen molar-refractivity contribution in [2.45, 2.75) is 30.3 Å². The van der Waals surface area contributed by atoms with Gasteiger partial charge in [0.05, 0.1) is 12.3 Å². The quantitative estimate of drug-likeness (QED) is 0.197. The zero-order valence-corrected chi connectivity index (χ0v) is 22.4. The highest BCUT2D eigenvalue weighted by atomic mass is 31.2. The first-order valence-electron chi connectivity index (χ1n) is 13.2. The summed E-state index contributed by atoms with van der Waals surface area (Å²) < 4.78 is 28.4. The van der Waals surface area contributed by atoms with Crippen LogP contribution in [0.3, 0.4) is 0 Å². The molecule has 6 rings (SSSR count). The molecule has 5 atom stereocenters. The molecule has 2 heterocycles. The van der Waals surface area contributed by atoms with Crippen molar-refractivity contribution in [3.8, 4) is 0 Å². The molecule has 2 N–H and O–H groups in total. The molecule has 1 unspecified atom stereocenters. The molecule has 5 nitrogen and oxygen atoms in total. The monoisotopic (exact) mass is 534 g/mol. The van der Waals surface area contributed by atoms with Crippen LogP contribution in [-0.4, -0.2) is 0 Å². The summed E-state index contributed by atoms with van der Waals surface area (Å²) in [4.78, 5) is 0. The Morgan fingerprint density at radius 2 is 1.26 bits per heavy atom. The predicted molar refractivity (Wildman–Crippen MR) is 154 cm³/mol. The Kier molecular flexibility index (Phi) is 7.57. The number of benzene rings is 4. The molecule has 0 spiro atoms. The van der Waals surface area contributed by atoms with Crippen molar-refractivity contribution < 1.29 is 13.5 Å². The number of rotatable bonds is 8. The average molecular weight is 535 g/mol. The first-order chi connectivity index (χ1) is 19.2. The second kappa shape index (κ2) is 11.6. The summed E-state index contributed by atoms with van der Waals surface area (Å²) in [5.74, 6) is -0.655. The van der Waals surface area contributed by atoms with Crippen molar-refractivity contribution in [3.63, 3.8) is 0 Å². The SMILES string of the molecule is O=P1([C@H](NCc2ccccc2)c2ccco2)O[C@H](c2ccccc2)[C@H](c2ccccc2)N[C@@H]1c1ccccc1. The zero-order valence-electron chi connectivity index (χ0n) is 21.5. The second-order valence-corrected chi connectivity index (χ2v) is 12.3. The molecule has 1 aromatic heterocycles. The van der Waals surface area contributed by atoms with E-state index in [0.717, 1.165) is 22.3 Å². The molecule has 1 aliphatic heterocycles. The van der Waals surface area contributed by atoms with Crippen LogP contribution >= 0.6 is 7.37 Å². The molecule has 1 aliphatic rings. The van der Waals surface area contributed by atoms with Gasteiger partial charge in [-0.2, -0.15) is 0 Å². The van der Waals surface area contributed by atoms with Crippen molar-refractivity contribution in [2.24, 2.45) is 0 Å². The van der Waals surface area contributed by atoms with Crippen LogP contribution in [0.4, 0.5) is 0 Å². The molecule has 1 saturated heterocycles. The fraction of sp³-hybridized carbons (Fsp3) is 0.152. The van der Waals surface area contributed by atoms with Crippen molar-refractivity contribution in [1.29, 1.82) is 0 Å². The minimum Gasteiger partial charge on any atom is -0.467 e. The fourth-order valence-corrected chi connectivity index (χ4v) is 8.24. The predicted octanol–water partition coefficient (Wildman–Crippen LogP) is 8.15. The van der Waals surface area contributed by atoms with E-state index in [9.17, 15) is 0 Å². The van der Waals surface area contributed by atoms with Gasteiger partial charge in [-0.1, -0.05) is 121 Å². The van der Waals surface area contributed by atoms with E-state index in [1.807, 2.05) is 109 Å². The van der Waals surface area contributed by atoms with Gasteiger partial charge in [0.25, 0.3) is 0 Å². The Balaban J connectivity index is 1.47. The maximum atomic E-state index is 15.5. The van der Waals surface area contributed by atoms with Gasteiger partial charge in [-0.15, -0.1) is 0 Å². The molecule has 6 heteroatoms. The number of furan rings is 1. The lowest BCUT2D eigenvalue weighted by Crippen LogP contribution is -2.40. The van der Waals surface area contributed by atoms with E-state index < -0.39 is 25.0 Å². The summed E-state index contributed by atoms with van der Waals surface area (Å²) in [5, 5.41) is 7.35. The number of hydrogen-bond donors (Lipinski definition) is 2. The first kappa shape index (κ1) is 25.5. The average Bonchev–Trinajstić information content (AvgIpc) is 3.53. The van der Waals surface area contributed by atoms with Crippen molar-refractivity contribution in [1.82, 2.24) is 10.6 Å². The standard InChI is InChI=1S/C33H31N2O3P/c36-39(33(29-22-13-23-37-29)34-24-25-14-5-1-6-15-25)32(28-20-11-4-12-21-28)35-30(26-16-7-2-8-17-26)31(38-39)27-18-9-3-10-19-27/h1-23,30-35H,24H2/t30-,31+,32-,33-,39?/m0/s1. The van der Waals surface area contributed by atoms with E-state index in [2.05, 4.69) is 34.9 Å². The van der Waals surface area contributed by atoms with Gasteiger partial charge in [-0.3, -0.25) is 15.2 Å². The maximum absolute atomic E-state index is 15.5. The van der Waals surface area contributed by atoms with E-state index in [0.29, 0.717) is 12.3 Å². The number of nitrogens with one attached hydrogen (secondary N) is 2. The molecule has 0 radical (unpaired) electrons. The van der Waals surface area contributed by atoms with Gasteiger partial charge in [0, 0.05) is 6.54 Å². The largest absolute Gasteiger partial charge is 0.467 e. The van der Waals surface area contributed by atoms with E-state index in [4.69, 9.17) is 8.94 Å². The Morgan fingerprint density at radius 3 is 1.85 bits per heavy atom. The van der Waals surface area contributed by atoms with Gasteiger partial charge in [0.1, 0.15) is 23.4 Å². The topological polar surface area (TPSA) is 63.5 Å². The molecule has 39 heavy (non-hydrogen) atoms. The van der Waals surface area contributed by atoms with Crippen molar-refractivity contribution >= 4 is 7.37 Å². The molecule has 196 valence electrons. The molecule has 0 bridgehead atoms. The van der Waals surface area contributed by atoms with Crippen LogP contribution in [0.15, 0.2) is 144 Å². The minimum absolute atomic E-state index is 0.216. The van der Waals surface area contributed by atoms with Crippen molar-refractivity contribution in [2.75, 3.05) is 0 Å². The molecular weight excluding hydrogens is 503 g/mol. The summed E-state index contributed by atoms with van der Waals surface area (Å²) in [6.45, 7) is 0.513. The highest BCUT2D eigenvalue weighted by molar-refractivity contribution is 7.59. The lowest BCUT2D eigenvalue weighted by molar-refractivity contribution is 0.116. The third kappa shape index (κ3) is 5.40. The summed E-state index contributed by atoms with van der Waals surface area (Å²) in [7, 11) is -3.58. The summed E-state index contributed by atoms with van der Waals surface area (Å²) in [6.07, 6.45) is 1.14. The van der Waals surface area contributed by atoms with E-state index in [-0.39, 0.29) is 6.04 Å². The van der Waals surface area contributed by atoms with Gasteiger partial charge in [0.2, 0.25) is 7.37 Å². The Bertz CT molecular complexity index is 1500. The molecule has 5 aromatic rings. The van der Waals surface area contributed by atoms with E-state index >= 15 is 4.57 Å². The maximum Gasteiger partial charge on any atom is 0.248 e. The molecule has 0 saturated carbocycles. The van der Waals surface area contributed by atoms with Gasteiger partial charge in [-0.05, 0) is 34.4 Å². The van der Waals surface area contributed by atoms with Crippen LogP contribution in [0.5, 0.6) is 0 Å². The van der Waals surface area contributed by atoms with Gasteiger partial charge >= 0.3 is 0 Å². The van der Waals surface area contributed by atoms with E-state index in [1.165, 1.54) is 0 Å². The van der Waals surface area contributed by atoms with Gasteiger partial charge in [-0.25, -0.2) is 0 Å². The zero-order chi connectivity index (χ0) is 26.5. The van der Waals surface area contributed by atoms with Crippen LogP contribution in [0.1, 0.15) is 51.7 Å².